The van der Waals surface area contributed by atoms with Crippen molar-refractivity contribution < 1.29 is 13.5 Å². The third-order valence-electron chi connectivity index (χ3n) is 6.63. The average molecular weight is 561 g/mol. The van der Waals surface area contributed by atoms with Crippen LogP contribution < -0.4 is 10.9 Å². The maximum atomic E-state index is 13.5. The first-order valence-corrected chi connectivity index (χ1v) is 13.5. The van der Waals surface area contributed by atoms with Gasteiger partial charge in [0.05, 0.1) is 12.6 Å². The van der Waals surface area contributed by atoms with E-state index in [9.17, 15) is 13.6 Å². The molecule has 0 amide bonds. The number of benzene rings is 2. The van der Waals surface area contributed by atoms with E-state index in [-0.39, 0.29) is 22.8 Å². The number of alkyl halides is 2. The van der Waals surface area contributed by atoms with E-state index in [1.54, 1.807) is 17.8 Å². The van der Waals surface area contributed by atoms with Gasteiger partial charge < -0.3 is 14.6 Å². The molecule has 0 saturated heterocycles. The van der Waals surface area contributed by atoms with Gasteiger partial charge in [-0.1, -0.05) is 51.5 Å². The second kappa shape index (κ2) is 13.4. The quantitative estimate of drug-likeness (QED) is 0.183. The fourth-order valence-corrected chi connectivity index (χ4v) is 4.10. The molecule has 2 heterocycles. The summed E-state index contributed by atoms with van der Waals surface area (Å²) >= 11 is 0. The Balaban J connectivity index is 0.00000108. The van der Waals surface area contributed by atoms with Crippen LogP contribution in [0.2, 0.25) is 0 Å². The Kier molecular flexibility index (Phi) is 10.2. The Hall–Kier alpha value is -4.33. The smallest absolute Gasteiger partial charge is 0.270 e. The van der Waals surface area contributed by atoms with Gasteiger partial charge >= 0.3 is 0 Å². The largest absolute Gasteiger partial charge is 0.481 e. The van der Waals surface area contributed by atoms with Crippen LogP contribution in [-0.2, 0) is 17.7 Å². The molecule has 0 aliphatic carbocycles. The van der Waals surface area contributed by atoms with Gasteiger partial charge in [-0.05, 0) is 61.4 Å². The summed E-state index contributed by atoms with van der Waals surface area (Å²) in [4.78, 5) is 22.0. The minimum atomic E-state index is -2.93. The maximum absolute atomic E-state index is 13.5. The summed E-state index contributed by atoms with van der Waals surface area (Å²) in [5.74, 6) is -2.43. The zero-order valence-corrected chi connectivity index (χ0v) is 24.8. The predicted octanol–water partition coefficient (Wildman–Crippen LogP) is 8.11. The summed E-state index contributed by atoms with van der Waals surface area (Å²) in [6.07, 6.45) is 4.40. The average Bonchev–Trinajstić information content (AvgIpc) is 2.95. The number of rotatable bonds is 7. The lowest BCUT2D eigenvalue weighted by atomic mass is 9.99. The Labute approximate surface area is 240 Å². The van der Waals surface area contributed by atoms with Crippen molar-refractivity contribution in [2.75, 3.05) is 12.4 Å². The number of fused-ring (bicyclic) bond motifs is 1. The van der Waals surface area contributed by atoms with Crippen molar-refractivity contribution in [2.24, 2.45) is 12.0 Å². The number of methoxy groups -OCH3 is 1. The number of nitrogens with one attached hydrogen (secondary N) is 1. The predicted molar refractivity (Wildman–Crippen MR) is 165 cm³/mol. The number of aliphatic imine (C=N–C) groups is 1. The molecule has 0 atom stereocenters. The number of pyridine rings is 2. The van der Waals surface area contributed by atoms with E-state index in [0.29, 0.717) is 16.8 Å². The van der Waals surface area contributed by atoms with E-state index in [0.717, 1.165) is 34.6 Å². The zero-order chi connectivity index (χ0) is 30.3. The molecule has 1 N–H and O–H groups in total. The van der Waals surface area contributed by atoms with Crippen molar-refractivity contribution in [3.63, 3.8) is 0 Å². The molecule has 0 radical (unpaired) electrons. The van der Waals surface area contributed by atoms with Crippen molar-refractivity contribution >= 4 is 22.5 Å². The first kappa shape index (κ1) is 31.2. The highest BCUT2D eigenvalue weighted by Gasteiger charge is 2.24. The fraction of sp³-hybridized carbons (Fsp3) is 0.303. The van der Waals surface area contributed by atoms with Crippen LogP contribution in [0.5, 0.6) is 0 Å². The van der Waals surface area contributed by atoms with Gasteiger partial charge in [-0.15, -0.1) is 0 Å². The van der Waals surface area contributed by atoms with Gasteiger partial charge in [0.15, 0.2) is 0 Å². The van der Waals surface area contributed by atoms with Crippen LogP contribution in [0.15, 0.2) is 83.0 Å². The lowest BCUT2D eigenvalue weighted by Gasteiger charge is -2.14. The zero-order valence-electron chi connectivity index (χ0n) is 24.8. The third-order valence-corrected chi connectivity index (χ3v) is 6.63. The van der Waals surface area contributed by atoms with Crippen LogP contribution >= 0.6 is 0 Å². The number of nitrogens with zero attached hydrogens (tertiary/aromatic N) is 3. The highest BCUT2D eigenvalue weighted by Crippen LogP contribution is 2.28. The summed E-state index contributed by atoms with van der Waals surface area (Å²) < 4.78 is 34.1. The van der Waals surface area contributed by atoms with Crippen LogP contribution in [0.25, 0.3) is 22.0 Å². The Morgan fingerprint density at radius 3 is 2.29 bits per heavy atom. The molecule has 0 bridgehead atoms. The van der Waals surface area contributed by atoms with E-state index in [1.807, 2.05) is 44.2 Å². The van der Waals surface area contributed by atoms with Crippen molar-refractivity contribution in [1.82, 2.24) is 9.55 Å². The first-order valence-electron chi connectivity index (χ1n) is 13.5. The molecule has 0 aliphatic heterocycles. The van der Waals surface area contributed by atoms with Crippen molar-refractivity contribution in [2.45, 2.75) is 53.4 Å². The molecule has 41 heavy (non-hydrogen) atoms. The molecule has 0 fully saturated rings. The molecule has 0 saturated carbocycles. The van der Waals surface area contributed by atoms with Crippen LogP contribution in [0, 0.1) is 13.8 Å². The topological polar surface area (TPSA) is 68.5 Å². The second-order valence-electron chi connectivity index (χ2n) is 9.99. The second-order valence-corrected chi connectivity index (χ2v) is 9.99. The molecule has 4 aromatic rings. The van der Waals surface area contributed by atoms with Crippen molar-refractivity contribution in [1.29, 1.82) is 0 Å². The molecule has 0 unspecified atom stereocenters. The third kappa shape index (κ3) is 7.66. The summed E-state index contributed by atoms with van der Waals surface area (Å²) in [6.45, 7) is 13.0. The minimum Gasteiger partial charge on any atom is -0.481 e. The van der Waals surface area contributed by atoms with Gasteiger partial charge in [0.2, 0.25) is 5.90 Å². The number of halogens is 2. The van der Waals surface area contributed by atoms with Crippen LogP contribution in [0.3, 0.4) is 0 Å². The lowest BCUT2D eigenvalue weighted by molar-refractivity contribution is 0.0174. The van der Waals surface area contributed by atoms with Gasteiger partial charge in [-0.2, -0.15) is 4.99 Å². The number of unbranched alkanes of at least 4 members (excludes halogenated alkanes) is 1. The first-order chi connectivity index (χ1) is 19.4. The normalized spacial score (nSPS) is 11.6. The van der Waals surface area contributed by atoms with Gasteiger partial charge in [-0.3, -0.25) is 9.78 Å². The molecule has 0 aliphatic rings. The molecule has 0 spiro atoms. The van der Waals surface area contributed by atoms with Gasteiger partial charge in [0.1, 0.15) is 5.82 Å². The van der Waals surface area contributed by atoms with Gasteiger partial charge in [0.25, 0.3) is 11.5 Å². The fourth-order valence-electron chi connectivity index (χ4n) is 4.10. The Morgan fingerprint density at radius 2 is 1.71 bits per heavy atom. The molecule has 4 rings (SSSR count). The Bertz CT molecular complexity index is 1620. The van der Waals surface area contributed by atoms with E-state index in [2.05, 4.69) is 35.7 Å². The molecular weight excluding hydrogens is 522 g/mol. The highest BCUT2D eigenvalue weighted by atomic mass is 19.3. The summed E-state index contributed by atoms with van der Waals surface area (Å²) in [5.41, 5.74) is 4.92. The van der Waals surface area contributed by atoms with Gasteiger partial charge in [-0.25, -0.2) is 8.78 Å². The van der Waals surface area contributed by atoms with E-state index in [1.165, 1.54) is 44.2 Å². The number of aryl methyl sites for hydroxylation is 3. The number of anilines is 1. The van der Waals surface area contributed by atoms with Crippen molar-refractivity contribution in [3.05, 3.63) is 106 Å². The maximum Gasteiger partial charge on any atom is 0.270 e. The van der Waals surface area contributed by atoms with E-state index >= 15 is 0 Å². The molecule has 2 aromatic heterocycles. The van der Waals surface area contributed by atoms with E-state index in [4.69, 9.17) is 4.74 Å². The number of ether oxygens (including phenoxy) is 1. The van der Waals surface area contributed by atoms with E-state index < -0.39 is 5.92 Å². The minimum absolute atomic E-state index is 0.0958. The number of hydrogen-bond donors (Lipinski definition) is 1. The summed E-state index contributed by atoms with van der Waals surface area (Å²) in [7, 11) is 3.20. The number of aromatic nitrogens is 2. The van der Waals surface area contributed by atoms with Crippen LogP contribution in [0.1, 0.15) is 56.0 Å². The molecule has 6 nitrogen and oxygen atoms in total. The lowest BCUT2D eigenvalue weighted by Crippen LogP contribution is -2.19. The Morgan fingerprint density at radius 1 is 1.05 bits per heavy atom. The summed E-state index contributed by atoms with van der Waals surface area (Å²) in [6, 6.07) is 15.1. The van der Waals surface area contributed by atoms with Gasteiger partial charge in [0, 0.05) is 53.6 Å². The van der Waals surface area contributed by atoms with Crippen LogP contribution in [-0.4, -0.2) is 22.6 Å². The number of hydrogen-bond acceptors (Lipinski definition) is 5. The molecule has 2 aromatic carbocycles. The molecule has 216 valence electrons. The molecular formula is C33H38F2N4O2. The van der Waals surface area contributed by atoms with Crippen LogP contribution in [0.4, 0.5) is 14.5 Å². The SMILES string of the molecule is C=C(/N=C(\OC)c1ccc(C(C)(F)F)cc1)Nc1ccc(C)c(-c2cc3cnc(C)cc3n(C)c2=O)c1.CCCC. The molecule has 8 heteroatoms. The monoisotopic (exact) mass is 560 g/mol. The highest BCUT2D eigenvalue weighted by molar-refractivity contribution is 5.95. The van der Waals surface area contributed by atoms with Crippen molar-refractivity contribution in [3.8, 4) is 11.1 Å². The standard InChI is InChI=1S/C29H28F2N4O2.C4H10/c1-17-7-12-23(15-24(17)25-14-21-16-32-18(2)13-26(21)35(5)28(25)36)33-19(3)34-27(37-6)20-8-10-22(11-9-20)29(4,30)31;1-3-4-2/h7-16,33H,3H2,1-2,4-6H3;3-4H2,1-2H3/b34-27-;. The summed E-state index contributed by atoms with van der Waals surface area (Å²) in [5, 5.41) is 3.99.